The normalized spacial score (nSPS) is 9.40. The second kappa shape index (κ2) is 5.00. The van der Waals surface area contributed by atoms with Crippen molar-refractivity contribution >= 4 is 0 Å². The zero-order chi connectivity index (χ0) is 7.98. The van der Waals surface area contributed by atoms with Gasteiger partial charge in [0, 0.05) is 13.0 Å². The van der Waals surface area contributed by atoms with E-state index in [1.807, 2.05) is 0 Å². The fraction of sp³-hybridized carbons (Fsp3) is 0.333. The summed E-state index contributed by atoms with van der Waals surface area (Å²) in [5.41, 5.74) is 0.993. The molecule has 0 unspecified atom stereocenters. The summed E-state index contributed by atoms with van der Waals surface area (Å²) in [6.07, 6.45) is 3.60. The van der Waals surface area contributed by atoms with Crippen molar-refractivity contribution in [3.63, 3.8) is 0 Å². The van der Waals surface area contributed by atoms with Gasteiger partial charge in [0.25, 0.3) is 0 Å². The zero-order valence-corrected chi connectivity index (χ0v) is 6.47. The molecule has 0 aliphatic rings. The van der Waals surface area contributed by atoms with Gasteiger partial charge in [0.05, 0.1) is 6.61 Å². The van der Waals surface area contributed by atoms with Crippen LogP contribution in [0.15, 0.2) is 37.5 Å². The summed E-state index contributed by atoms with van der Waals surface area (Å²) in [6.45, 7) is 11.7. The van der Waals surface area contributed by atoms with Gasteiger partial charge in [0.2, 0.25) is 0 Å². The first-order valence-electron chi connectivity index (χ1n) is 3.18. The predicted octanol–water partition coefficient (Wildman–Crippen LogP) is 2.18. The lowest BCUT2D eigenvalue weighted by Gasteiger charge is -2.08. The van der Waals surface area contributed by atoms with Crippen LogP contribution in [0.4, 0.5) is 0 Å². The Morgan fingerprint density at radius 2 is 2.00 bits per heavy atom. The molecule has 0 spiro atoms. The predicted molar refractivity (Wildman–Crippen MR) is 44.9 cm³/mol. The Hall–Kier alpha value is -0.820. The fourth-order valence-electron chi connectivity index (χ4n) is 0.711. The molecule has 0 aliphatic heterocycles. The highest BCUT2D eigenvalue weighted by Crippen LogP contribution is 2.10. The Bertz CT molecular complexity index is 128. The molecule has 0 heterocycles. The van der Waals surface area contributed by atoms with Gasteiger partial charge < -0.3 is 4.74 Å². The van der Waals surface area contributed by atoms with E-state index in [1.165, 1.54) is 0 Å². The lowest BCUT2D eigenvalue weighted by molar-refractivity contribution is 0.222. The minimum Gasteiger partial charge on any atom is -0.380 e. The van der Waals surface area contributed by atoms with Crippen LogP contribution in [0, 0.1) is 5.92 Å². The molecular formula is C9H14O. The highest BCUT2D eigenvalue weighted by atomic mass is 16.5. The quantitative estimate of drug-likeness (QED) is 0.529. The third-order valence-electron chi connectivity index (χ3n) is 1.31. The van der Waals surface area contributed by atoms with Gasteiger partial charge in [-0.3, -0.25) is 0 Å². The van der Waals surface area contributed by atoms with Crippen molar-refractivity contribution in [2.45, 2.75) is 0 Å². The lowest BCUT2D eigenvalue weighted by Crippen LogP contribution is -2.01. The van der Waals surface area contributed by atoms with Crippen LogP contribution in [0.1, 0.15) is 0 Å². The van der Waals surface area contributed by atoms with E-state index in [-0.39, 0.29) is 5.92 Å². The zero-order valence-electron chi connectivity index (χ0n) is 6.47. The van der Waals surface area contributed by atoms with Crippen LogP contribution in [0.5, 0.6) is 0 Å². The van der Waals surface area contributed by atoms with Gasteiger partial charge in [-0.1, -0.05) is 18.7 Å². The number of allylic oxidation sites excluding steroid dienone is 2. The average Bonchev–Trinajstić information content (AvgIpc) is 1.91. The molecule has 0 aromatic carbocycles. The van der Waals surface area contributed by atoms with E-state index in [1.54, 1.807) is 19.3 Å². The first-order chi connectivity index (χ1) is 4.76. The smallest absolute Gasteiger partial charge is 0.0679 e. The van der Waals surface area contributed by atoms with Crippen molar-refractivity contribution in [2.75, 3.05) is 13.7 Å². The van der Waals surface area contributed by atoms with Crippen molar-refractivity contribution < 1.29 is 4.74 Å². The average molecular weight is 138 g/mol. The van der Waals surface area contributed by atoms with Gasteiger partial charge in [-0.15, -0.1) is 13.2 Å². The molecule has 0 atom stereocenters. The Morgan fingerprint density at radius 3 is 2.30 bits per heavy atom. The molecule has 0 amide bonds. The molecule has 1 heteroatoms. The Morgan fingerprint density at radius 1 is 1.50 bits per heavy atom. The molecule has 1 nitrogen and oxygen atoms in total. The Balaban J connectivity index is 3.88. The second-order valence-corrected chi connectivity index (χ2v) is 2.09. The van der Waals surface area contributed by atoms with E-state index in [9.17, 15) is 0 Å². The van der Waals surface area contributed by atoms with Gasteiger partial charge >= 0.3 is 0 Å². The molecule has 0 radical (unpaired) electrons. The molecule has 0 aliphatic carbocycles. The number of rotatable bonds is 5. The van der Waals surface area contributed by atoms with Gasteiger partial charge in [0.1, 0.15) is 0 Å². The van der Waals surface area contributed by atoms with Crippen LogP contribution in [-0.2, 0) is 4.74 Å². The Labute approximate surface area is 62.7 Å². The number of hydrogen-bond donors (Lipinski definition) is 0. The number of ether oxygens (including phenoxy) is 1. The summed E-state index contributed by atoms with van der Waals surface area (Å²) >= 11 is 0. The maximum Gasteiger partial charge on any atom is 0.0679 e. The monoisotopic (exact) mass is 138 g/mol. The maximum absolute atomic E-state index is 4.89. The van der Waals surface area contributed by atoms with Crippen molar-refractivity contribution in [3.05, 3.63) is 37.5 Å². The first-order valence-corrected chi connectivity index (χ1v) is 3.18. The van der Waals surface area contributed by atoms with Crippen molar-refractivity contribution in [1.29, 1.82) is 0 Å². The van der Waals surface area contributed by atoms with Gasteiger partial charge in [0.15, 0.2) is 0 Å². The first kappa shape index (κ1) is 9.18. The van der Waals surface area contributed by atoms with Crippen LogP contribution in [0.3, 0.4) is 0 Å². The summed E-state index contributed by atoms with van der Waals surface area (Å²) < 4.78 is 4.89. The molecule has 0 fully saturated rings. The van der Waals surface area contributed by atoms with Gasteiger partial charge in [-0.05, 0) is 5.57 Å². The van der Waals surface area contributed by atoms with Crippen LogP contribution in [0.2, 0.25) is 0 Å². The van der Waals surface area contributed by atoms with Crippen molar-refractivity contribution in [2.24, 2.45) is 5.92 Å². The molecule has 0 aromatic heterocycles. The van der Waals surface area contributed by atoms with E-state index in [0.717, 1.165) is 5.57 Å². The van der Waals surface area contributed by atoms with E-state index in [4.69, 9.17) is 4.74 Å². The molecule has 0 saturated heterocycles. The number of methoxy groups -OCH3 is 1. The van der Waals surface area contributed by atoms with Gasteiger partial charge in [-0.25, -0.2) is 0 Å². The summed E-state index contributed by atoms with van der Waals surface area (Å²) in [5.74, 6) is 0.181. The topological polar surface area (TPSA) is 9.23 Å². The number of hydrogen-bond acceptors (Lipinski definition) is 1. The molecule has 0 rings (SSSR count). The van der Waals surface area contributed by atoms with E-state index in [2.05, 4.69) is 19.7 Å². The van der Waals surface area contributed by atoms with Gasteiger partial charge in [-0.2, -0.15) is 0 Å². The van der Waals surface area contributed by atoms with Crippen LogP contribution in [-0.4, -0.2) is 13.7 Å². The fourth-order valence-corrected chi connectivity index (χ4v) is 0.711. The third-order valence-corrected chi connectivity index (χ3v) is 1.31. The molecule has 0 bridgehead atoms. The molecule has 10 heavy (non-hydrogen) atoms. The van der Waals surface area contributed by atoms with Crippen molar-refractivity contribution in [1.82, 2.24) is 0 Å². The molecule has 0 aromatic rings. The summed E-state index contributed by atoms with van der Waals surface area (Å²) in [6, 6.07) is 0. The summed E-state index contributed by atoms with van der Waals surface area (Å²) in [5, 5.41) is 0. The lowest BCUT2D eigenvalue weighted by atomic mass is 10.0. The molecule has 56 valence electrons. The second-order valence-electron chi connectivity index (χ2n) is 2.09. The molecular weight excluding hydrogens is 124 g/mol. The van der Waals surface area contributed by atoms with E-state index in [0.29, 0.717) is 6.61 Å². The highest BCUT2D eigenvalue weighted by Gasteiger charge is 2.01. The van der Waals surface area contributed by atoms with Crippen LogP contribution >= 0.6 is 0 Å². The highest BCUT2D eigenvalue weighted by molar-refractivity contribution is 5.14. The maximum atomic E-state index is 4.89. The van der Waals surface area contributed by atoms with Crippen LogP contribution in [0.25, 0.3) is 0 Å². The minimum absolute atomic E-state index is 0.181. The molecule has 0 saturated carbocycles. The Kier molecular flexibility index (Phi) is 4.59. The standard InChI is InChI=1S/C9H14O/c1-5-9(6-2)8(3)7-10-4/h5-6,9H,1-3,7H2,4H3. The van der Waals surface area contributed by atoms with Crippen LogP contribution < -0.4 is 0 Å². The van der Waals surface area contributed by atoms with Crippen molar-refractivity contribution in [3.8, 4) is 0 Å². The van der Waals surface area contributed by atoms with E-state index >= 15 is 0 Å². The SMILES string of the molecule is C=CC(C=C)C(=C)COC. The van der Waals surface area contributed by atoms with E-state index < -0.39 is 0 Å². The largest absolute Gasteiger partial charge is 0.380 e. The summed E-state index contributed by atoms with van der Waals surface area (Å²) in [7, 11) is 1.65. The molecule has 0 N–H and O–H groups in total. The summed E-state index contributed by atoms with van der Waals surface area (Å²) in [4.78, 5) is 0. The minimum atomic E-state index is 0.181. The third kappa shape index (κ3) is 2.65.